The van der Waals surface area contributed by atoms with Crippen molar-refractivity contribution in [2.24, 2.45) is 4.99 Å². The largest absolute Gasteiger partial charge is 0.376 e. The molecule has 0 unspecified atom stereocenters. The van der Waals surface area contributed by atoms with Crippen LogP contribution in [0.3, 0.4) is 0 Å². The summed E-state index contributed by atoms with van der Waals surface area (Å²) in [6.45, 7) is 6.57. The van der Waals surface area contributed by atoms with Crippen molar-refractivity contribution in [1.82, 2.24) is 0 Å². The molecule has 0 aromatic heterocycles. The molecule has 0 aromatic carbocycles. The third kappa shape index (κ3) is 6.01. The Bertz CT molecular complexity index is 103. The van der Waals surface area contributed by atoms with Gasteiger partial charge in [-0.1, -0.05) is 0 Å². The maximum Gasteiger partial charge on any atom is 0.0867 e. The molecule has 0 N–H and O–H groups in total. The molecule has 0 saturated carbocycles. The van der Waals surface area contributed by atoms with Crippen LogP contribution in [-0.2, 0) is 9.47 Å². The van der Waals surface area contributed by atoms with E-state index in [4.69, 9.17) is 9.47 Å². The molecule has 0 rings (SSSR count). The molecule has 0 spiro atoms. The first-order chi connectivity index (χ1) is 5.35. The monoisotopic (exact) mass is 159 g/mol. The van der Waals surface area contributed by atoms with Crippen molar-refractivity contribution in [2.45, 2.75) is 13.8 Å². The standard InChI is InChI=1S/C8H17NO2/c1-4-10-6-8(9-3)7-11-5-2/h4-7H2,1-3H3. The topological polar surface area (TPSA) is 30.8 Å². The molecule has 0 fully saturated rings. The van der Waals surface area contributed by atoms with Crippen LogP contribution in [0.25, 0.3) is 0 Å². The molecule has 0 aliphatic heterocycles. The van der Waals surface area contributed by atoms with Gasteiger partial charge in [0.05, 0.1) is 18.9 Å². The molecule has 0 saturated heterocycles. The summed E-state index contributed by atoms with van der Waals surface area (Å²) in [6, 6.07) is 0. The highest BCUT2D eigenvalue weighted by Crippen LogP contribution is 1.83. The smallest absolute Gasteiger partial charge is 0.0867 e. The Hall–Kier alpha value is -0.410. The molecule has 0 aliphatic carbocycles. The van der Waals surface area contributed by atoms with Crippen LogP contribution >= 0.6 is 0 Å². The van der Waals surface area contributed by atoms with E-state index in [0.717, 1.165) is 18.9 Å². The minimum Gasteiger partial charge on any atom is -0.376 e. The first kappa shape index (κ1) is 10.6. The van der Waals surface area contributed by atoms with Crippen LogP contribution in [0.15, 0.2) is 4.99 Å². The van der Waals surface area contributed by atoms with Gasteiger partial charge in [0.25, 0.3) is 0 Å². The molecular formula is C8H17NO2. The first-order valence-corrected chi connectivity index (χ1v) is 3.95. The second kappa shape index (κ2) is 7.69. The van der Waals surface area contributed by atoms with E-state index in [9.17, 15) is 0 Å². The van der Waals surface area contributed by atoms with Gasteiger partial charge in [-0.05, 0) is 13.8 Å². The fourth-order valence-corrected chi connectivity index (χ4v) is 0.611. The van der Waals surface area contributed by atoms with Gasteiger partial charge < -0.3 is 9.47 Å². The zero-order chi connectivity index (χ0) is 8.53. The lowest BCUT2D eigenvalue weighted by Gasteiger charge is -2.04. The zero-order valence-electron chi connectivity index (χ0n) is 7.59. The maximum absolute atomic E-state index is 5.17. The van der Waals surface area contributed by atoms with Crippen LogP contribution in [0.2, 0.25) is 0 Å². The van der Waals surface area contributed by atoms with E-state index in [1.165, 1.54) is 0 Å². The van der Waals surface area contributed by atoms with Crippen LogP contribution in [0.4, 0.5) is 0 Å². The molecule has 0 aromatic rings. The Morgan fingerprint density at radius 3 is 1.82 bits per heavy atom. The summed E-state index contributed by atoms with van der Waals surface area (Å²) in [7, 11) is 1.76. The highest BCUT2D eigenvalue weighted by Gasteiger charge is 1.96. The zero-order valence-corrected chi connectivity index (χ0v) is 7.59. The van der Waals surface area contributed by atoms with Gasteiger partial charge in [0.1, 0.15) is 0 Å². The molecule has 0 radical (unpaired) electrons. The minimum atomic E-state index is 0.590. The highest BCUT2D eigenvalue weighted by atomic mass is 16.5. The molecule has 66 valence electrons. The SMILES string of the molecule is CCOCC(COCC)=NC. The van der Waals surface area contributed by atoms with Gasteiger partial charge in [0.2, 0.25) is 0 Å². The number of ether oxygens (including phenoxy) is 2. The predicted molar refractivity (Wildman–Crippen MR) is 46.3 cm³/mol. The van der Waals surface area contributed by atoms with Crippen LogP contribution < -0.4 is 0 Å². The molecule has 0 atom stereocenters. The Labute approximate surface area is 68.4 Å². The third-order valence-corrected chi connectivity index (χ3v) is 1.26. The van der Waals surface area contributed by atoms with Crippen molar-refractivity contribution in [2.75, 3.05) is 33.5 Å². The molecule has 3 heteroatoms. The number of hydrogen-bond acceptors (Lipinski definition) is 3. The second-order valence-corrected chi connectivity index (χ2v) is 2.06. The predicted octanol–water partition coefficient (Wildman–Crippen LogP) is 1.13. The Balaban J connectivity index is 3.43. The molecule has 0 aliphatic rings. The van der Waals surface area contributed by atoms with Gasteiger partial charge in [-0.3, -0.25) is 4.99 Å². The summed E-state index contributed by atoms with van der Waals surface area (Å²) in [5.41, 5.74) is 0.966. The number of aliphatic imine (C=N–C) groups is 1. The Morgan fingerprint density at radius 2 is 1.55 bits per heavy atom. The lowest BCUT2D eigenvalue weighted by Crippen LogP contribution is -2.15. The van der Waals surface area contributed by atoms with E-state index in [0.29, 0.717) is 13.2 Å². The minimum absolute atomic E-state index is 0.590. The van der Waals surface area contributed by atoms with Crippen molar-refractivity contribution in [3.8, 4) is 0 Å². The van der Waals surface area contributed by atoms with E-state index < -0.39 is 0 Å². The van der Waals surface area contributed by atoms with Crippen LogP contribution in [0.5, 0.6) is 0 Å². The molecule has 0 amide bonds. The number of nitrogens with zero attached hydrogens (tertiary/aromatic N) is 1. The normalized spacial score (nSPS) is 9.73. The highest BCUT2D eigenvalue weighted by molar-refractivity contribution is 5.86. The van der Waals surface area contributed by atoms with Crippen molar-refractivity contribution in [3.63, 3.8) is 0 Å². The summed E-state index contributed by atoms with van der Waals surface area (Å²) < 4.78 is 10.3. The summed E-state index contributed by atoms with van der Waals surface area (Å²) in [5.74, 6) is 0. The quantitative estimate of drug-likeness (QED) is 0.544. The van der Waals surface area contributed by atoms with Crippen LogP contribution in [0.1, 0.15) is 13.8 Å². The Kier molecular flexibility index (Phi) is 7.41. The fraction of sp³-hybridized carbons (Fsp3) is 0.875. The van der Waals surface area contributed by atoms with Crippen molar-refractivity contribution >= 4 is 5.71 Å². The first-order valence-electron chi connectivity index (χ1n) is 3.95. The van der Waals surface area contributed by atoms with Crippen LogP contribution in [0, 0.1) is 0 Å². The maximum atomic E-state index is 5.17. The number of hydrogen-bond donors (Lipinski definition) is 0. The van der Waals surface area contributed by atoms with Crippen LogP contribution in [-0.4, -0.2) is 39.2 Å². The summed E-state index contributed by atoms with van der Waals surface area (Å²) in [6.07, 6.45) is 0. The summed E-state index contributed by atoms with van der Waals surface area (Å²) in [4.78, 5) is 4.03. The number of rotatable bonds is 6. The molecule has 0 heterocycles. The van der Waals surface area contributed by atoms with E-state index in [2.05, 4.69) is 4.99 Å². The van der Waals surface area contributed by atoms with Gasteiger partial charge in [0.15, 0.2) is 0 Å². The van der Waals surface area contributed by atoms with Gasteiger partial charge >= 0.3 is 0 Å². The van der Waals surface area contributed by atoms with Crippen molar-refractivity contribution in [3.05, 3.63) is 0 Å². The average molecular weight is 159 g/mol. The van der Waals surface area contributed by atoms with Gasteiger partial charge in [-0.15, -0.1) is 0 Å². The summed E-state index contributed by atoms with van der Waals surface area (Å²) in [5, 5.41) is 0. The summed E-state index contributed by atoms with van der Waals surface area (Å²) >= 11 is 0. The van der Waals surface area contributed by atoms with Crippen molar-refractivity contribution in [1.29, 1.82) is 0 Å². The van der Waals surface area contributed by atoms with Gasteiger partial charge in [-0.2, -0.15) is 0 Å². The third-order valence-electron chi connectivity index (χ3n) is 1.26. The Morgan fingerprint density at radius 1 is 1.09 bits per heavy atom. The average Bonchev–Trinajstić information content (AvgIpc) is 2.05. The molecule has 3 nitrogen and oxygen atoms in total. The lowest BCUT2D eigenvalue weighted by molar-refractivity contribution is 0.160. The van der Waals surface area contributed by atoms with Gasteiger partial charge in [-0.25, -0.2) is 0 Å². The van der Waals surface area contributed by atoms with E-state index in [-0.39, 0.29) is 0 Å². The van der Waals surface area contributed by atoms with E-state index >= 15 is 0 Å². The lowest BCUT2D eigenvalue weighted by atomic mass is 10.4. The van der Waals surface area contributed by atoms with E-state index in [1.54, 1.807) is 7.05 Å². The second-order valence-electron chi connectivity index (χ2n) is 2.06. The molecular weight excluding hydrogens is 142 g/mol. The van der Waals surface area contributed by atoms with E-state index in [1.807, 2.05) is 13.8 Å². The molecule has 0 bridgehead atoms. The fourth-order valence-electron chi connectivity index (χ4n) is 0.611. The van der Waals surface area contributed by atoms with Gasteiger partial charge in [0, 0.05) is 20.3 Å². The molecule has 11 heavy (non-hydrogen) atoms. The van der Waals surface area contributed by atoms with Crippen molar-refractivity contribution < 1.29 is 9.47 Å².